The second kappa shape index (κ2) is 6.41. The highest BCUT2D eigenvalue weighted by molar-refractivity contribution is 5.87. The van der Waals surface area contributed by atoms with Gasteiger partial charge < -0.3 is 14.6 Å². The Kier molecular flexibility index (Phi) is 4.15. The molecule has 7 heteroatoms. The molecule has 0 bridgehead atoms. The summed E-state index contributed by atoms with van der Waals surface area (Å²) in [5, 5.41) is 17.2. The van der Waals surface area contributed by atoms with E-state index in [1.807, 2.05) is 12.1 Å². The van der Waals surface area contributed by atoms with Crippen LogP contribution in [0.3, 0.4) is 0 Å². The molecule has 0 aliphatic carbocycles. The predicted molar refractivity (Wildman–Crippen MR) is 86.9 cm³/mol. The summed E-state index contributed by atoms with van der Waals surface area (Å²) in [6, 6.07) is 11.9. The number of nitrogens with zero attached hydrogens (tertiary/aromatic N) is 3. The maximum atomic E-state index is 10.9. The van der Waals surface area contributed by atoms with Gasteiger partial charge in [0.1, 0.15) is 5.69 Å². The monoisotopic (exact) mass is 325 g/mol. The Morgan fingerprint density at radius 1 is 1.04 bits per heavy atom. The summed E-state index contributed by atoms with van der Waals surface area (Å²) >= 11 is 0. The molecule has 0 saturated carbocycles. The quantitative estimate of drug-likeness (QED) is 0.776. The van der Waals surface area contributed by atoms with Crippen LogP contribution in [0.1, 0.15) is 10.4 Å². The number of rotatable bonds is 5. The summed E-state index contributed by atoms with van der Waals surface area (Å²) in [4.78, 5) is 10.9. The summed E-state index contributed by atoms with van der Waals surface area (Å²) in [7, 11) is 3.15. The lowest BCUT2D eigenvalue weighted by atomic mass is 10.1. The van der Waals surface area contributed by atoms with Crippen LogP contribution in [0, 0.1) is 0 Å². The molecular weight excluding hydrogens is 310 g/mol. The van der Waals surface area contributed by atoms with E-state index < -0.39 is 5.97 Å². The molecular formula is C17H15N3O4. The maximum absolute atomic E-state index is 10.9. The van der Waals surface area contributed by atoms with Gasteiger partial charge in [-0.05, 0) is 42.5 Å². The number of hydrogen-bond acceptors (Lipinski definition) is 5. The first kappa shape index (κ1) is 15.5. The zero-order valence-corrected chi connectivity index (χ0v) is 13.1. The maximum Gasteiger partial charge on any atom is 0.335 e. The number of benzene rings is 2. The predicted octanol–water partition coefficient (Wildman–Crippen LogP) is 2.65. The Morgan fingerprint density at radius 2 is 1.75 bits per heavy atom. The van der Waals surface area contributed by atoms with Gasteiger partial charge in [0.25, 0.3) is 0 Å². The minimum absolute atomic E-state index is 0.221. The molecule has 7 nitrogen and oxygen atoms in total. The minimum atomic E-state index is -0.967. The van der Waals surface area contributed by atoms with Crippen molar-refractivity contribution in [3.8, 4) is 28.4 Å². The van der Waals surface area contributed by atoms with Crippen molar-refractivity contribution in [3.05, 3.63) is 54.2 Å². The number of hydrogen-bond donors (Lipinski definition) is 1. The third-order valence-electron chi connectivity index (χ3n) is 3.55. The molecule has 0 radical (unpaired) electrons. The SMILES string of the molecule is COc1ccc(-c2cn(-c3ccc(C(=O)O)cc3)nn2)cc1OC. The van der Waals surface area contributed by atoms with Gasteiger partial charge in [-0.2, -0.15) is 0 Å². The highest BCUT2D eigenvalue weighted by Gasteiger charge is 2.10. The standard InChI is InChI=1S/C17H15N3O4/c1-23-15-8-5-12(9-16(15)24-2)14-10-20(19-18-14)13-6-3-11(4-7-13)17(21)22/h3-10H,1-2H3,(H,21,22). The molecule has 1 aromatic heterocycles. The van der Waals surface area contributed by atoms with Crippen LogP contribution in [-0.4, -0.2) is 40.3 Å². The Bertz CT molecular complexity index is 872. The lowest BCUT2D eigenvalue weighted by Gasteiger charge is -2.08. The van der Waals surface area contributed by atoms with Crippen LogP contribution in [0.25, 0.3) is 16.9 Å². The van der Waals surface area contributed by atoms with Crippen molar-refractivity contribution in [2.75, 3.05) is 14.2 Å². The van der Waals surface area contributed by atoms with Gasteiger partial charge in [-0.3, -0.25) is 0 Å². The molecule has 0 saturated heterocycles. The highest BCUT2D eigenvalue weighted by Crippen LogP contribution is 2.31. The van der Waals surface area contributed by atoms with Crippen LogP contribution in [0.15, 0.2) is 48.7 Å². The first-order chi connectivity index (χ1) is 11.6. The summed E-state index contributed by atoms with van der Waals surface area (Å²) in [5.74, 6) is 0.277. The average molecular weight is 325 g/mol. The molecule has 2 aromatic carbocycles. The summed E-state index contributed by atoms with van der Waals surface area (Å²) in [6.07, 6.45) is 1.76. The molecule has 24 heavy (non-hydrogen) atoms. The number of methoxy groups -OCH3 is 2. The number of carboxylic acids is 1. The first-order valence-corrected chi connectivity index (χ1v) is 7.11. The normalized spacial score (nSPS) is 10.4. The van der Waals surface area contributed by atoms with Crippen LogP contribution < -0.4 is 9.47 Å². The second-order valence-electron chi connectivity index (χ2n) is 4.97. The van der Waals surface area contributed by atoms with Crippen LogP contribution in [0.5, 0.6) is 11.5 Å². The van der Waals surface area contributed by atoms with Gasteiger partial charge in [0.15, 0.2) is 11.5 Å². The van der Waals surface area contributed by atoms with Gasteiger partial charge >= 0.3 is 5.97 Å². The minimum Gasteiger partial charge on any atom is -0.493 e. The van der Waals surface area contributed by atoms with Crippen molar-refractivity contribution >= 4 is 5.97 Å². The van der Waals surface area contributed by atoms with E-state index in [4.69, 9.17) is 14.6 Å². The summed E-state index contributed by atoms with van der Waals surface area (Å²) < 4.78 is 12.1. The fraction of sp³-hybridized carbons (Fsp3) is 0.118. The van der Waals surface area contributed by atoms with Crippen molar-refractivity contribution < 1.29 is 19.4 Å². The van der Waals surface area contributed by atoms with E-state index in [0.717, 1.165) is 11.3 Å². The fourth-order valence-corrected chi connectivity index (χ4v) is 2.27. The highest BCUT2D eigenvalue weighted by atomic mass is 16.5. The molecule has 0 unspecified atom stereocenters. The molecule has 0 spiro atoms. The van der Waals surface area contributed by atoms with Crippen molar-refractivity contribution in [2.24, 2.45) is 0 Å². The van der Waals surface area contributed by atoms with Crippen molar-refractivity contribution in [3.63, 3.8) is 0 Å². The smallest absolute Gasteiger partial charge is 0.335 e. The van der Waals surface area contributed by atoms with Crippen LogP contribution in [0.4, 0.5) is 0 Å². The van der Waals surface area contributed by atoms with Gasteiger partial charge in [-0.1, -0.05) is 5.21 Å². The molecule has 1 N–H and O–H groups in total. The number of aromatic nitrogens is 3. The zero-order valence-electron chi connectivity index (χ0n) is 13.1. The van der Waals surface area contributed by atoms with Crippen molar-refractivity contribution in [2.45, 2.75) is 0 Å². The van der Waals surface area contributed by atoms with E-state index >= 15 is 0 Å². The van der Waals surface area contributed by atoms with Gasteiger partial charge in [0.05, 0.1) is 31.7 Å². The first-order valence-electron chi connectivity index (χ1n) is 7.11. The van der Waals surface area contributed by atoms with E-state index in [1.165, 1.54) is 12.1 Å². The van der Waals surface area contributed by atoms with Crippen LogP contribution in [-0.2, 0) is 0 Å². The second-order valence-corrected chi connectivity index (χ2v) is 4.97. The van der Waals surface area contributed by atoms with Crippen LogP contribution >= 0.6 is 0 Å². The lowest BCUT2D eigenvalue weighted by molar-refractivity contribution is 0.0697. The Labute approximate surface area is 138 Å². The van der Waals surface area contributed by atoms with E-state index in [-0.39, 0.29) is 5.56 Å². The zero-order chi connectivity index (χ0) is 17.1. The Balaban J connectivity index is 1.91. The van der Waals surface area contributed by atoms with E-state index in [1.54, 1.807) is 43.3 Å². The fourth-order valence-electron chi connectivity index (χ4n) is 2.27. The molecule has 0 atom stereocenters. The molecule has 122 valence electrons. The molecule has 0 aliphatic heterocycles. The Hall–Kier alpha value is -3.35. The van der Waals surface area contributed by atoms with Gasteiger partial charge in [-0.25, -0.2) is 9.48 Å². The number of carboxylic acid groups (broad SMARTS) is 1. The van der Waals surface area contributed by atoms with Gasteiger partial charge in [0, 0.05) is 5.56 Å². The van der Waals surface area contributed by atoms with E-state index in [0.29, 0.717) is 17.2 Å². The van der Waals surface area contributed by atoms with Gasteiger partial charge in [0.2, 0.25) is 0 Å². The summed E-state index contributed by atoms with van der Waals surface area (Å²) in [5.41, 5.74) is 2.44. The van der Waals surface area contributed by atoms with E-state index in [2.05, 4.69) is 10.3 Å². The third kappa shape index (κ3) is 2.91. The molecule has 0 aliphatic rings. The number of carbonyl (C=O) groups is 1. The topological polar surface area (TPSA) is 86.5 Å². The summed E-state index contributed by atoms with van der Waals surface area (Å²) in [6.45, 7) is 0. The number of aromatic carboxylic acids is 1. The largest absolute Gasteiger partial charge is 0.493 e. The molecule has 3 rings (SSSR count). The molecule has 0 fully saturated rings. The Morgan fingerprint density at radius 3 is 2.38 bits per heavy atom. The van der Waals surface area contributed by atoms with Crippen molar-refractivity contribution in [1.29, 1.82) is 0 Å². The van der Waals surface area contributed by atoms with Crippen LogP contribution in [0.2, 0.25) is 0 Å². The number of ether oxygens (including phenoxy) is 2. The van der Waals surface area contributed by atoms with Crippen molar-refractivity contribution in [1.82, 2.24) is 15.0 Å². The molecule has 1 heterocycles. The molecule has 3 aromatic rings. The molecule has 0 amide bonds. The lowest BCUT2D eigenvalue weighted by Crippen LogP contribution is -1.98. The van der Waals surface area contributed by atoms with Gasteiger partial charge in [-0.15, -0.1) is 5.10 Å². The average Bonchev–Trinajstić information content (AvgIpc) is 3.11. The third-order valence-corrected chi connectivity index (χ3v) is 3.55. The van der Waals surface area contributed by atoms with E-state index in [9.17, 15) is 4.79 Å².